The second-order valence-electron chi connectivity index (χ2n) is 7.33. The van der Waals surface area contributed by atoms with Crippen molar-refractivity contribution >= 4 is 11.5 Å². The zero-order valence-electron chi connectivity index (χ0n) is 15.2. The van der Waals surface area contributed by atoms with Crippen molar-refractivity contribution < 1.29 is 4.74 Å². The van der Waals surface area contributed by atoms with Gasteiger partial charge in [0.25, 0.3) is 0 Å². The van der Waals surface area contributed by atoms with E-state index in [1.807, 2.05) is 16.8 Å². The van der Waals surface area contributed by atoms with Crippen molar-refractivity contribution in [2.45, 2.75) is 51.0 Å². The molecule has 1 saturated heterocycles. The lowest BCUT2D eigenvalue weighted by Crippen LogP contribution is -2.58. The van der Waals surface area contributed by atoms with Crippen LogP contribution in [0.4, 0.5) is 5.82 Å². The third-order valence-electron chi connectivity index (χ3n) is 5.84. The highest BCUT2D eigenvalue weighted by molar-refractivity contribution is 5.49. The van der Waals surface area contributed by atoms with Crippen molar-refractivity contribution in [2.24, 2.45) is 0 Å². The van der Waals surface area contributed by atoms with Gasteiger partial charge in [0.2, 0.25) is 0 Å². The Hall–Kier alpha value is -1.66. The number of hydrogen-bond acceptors (Lipinski definition) is 5. The number of morpholine rings is 1. The first-order chi connectivity index (χ1) is 12.3. The monoisotopic (exact) mass is 343 g/mol. The lowest BCUT2D eigenvalue weighted by Gasteiger charge is -2.48. The molecule has 0 atom stereocenters. The Balaban J connectivity index is 1.57. The van der Waals surface area contributed by atoms with Crippen molar-refractivity contribution in [2.75, 3.05) is 38.2 Å². The maximum absolute atomic E-state index is 5.59. The number of hydrogen-bond donors (Lipinski definition) is 1. The van der Waals surface area contributed by atoms with Crippen molar-refractivity contribution in [1.82, 2.24) is 19.5 Å². The van der Waals surface area contributed by atoms with E-state index < -0.39 is 0 Å². The molecule has 25 heavy (non-hydrogen) atoms. The first kappa shape index (κ1) is 16.8. The molecule has 6 nitrogen and oxygen atoms in total. The van der Waals surface area contributed by atoms with Gasteiger partial charge in [-0.1, -0.05) is 26.2 Å². The van der Waals surface area contributed by atoms with Crippen LogP contribution in [0.25, 0.3) is 5.65 Å². The molecule has 1 N–H and O–H groups in total. The molecule has 4 rings (SSSR count). The molecule has 0 bridgehead atoms. The third-order valence-corrected chi connectivity index (χ3v) is 5.84. The molecule has 3 heterocycles. The molecule has 1 saturated carbocycles. The molecule has 2 aromatic rings. The number of aromatic nitrogens is 3. The second kappa shape index (κ2) is 7.30. The molecule has 0 unspecified atom stereocenters. The van der Waals surface area contributed by atoms with E-state index in [1.54, 1.807) is 0 Å². The second-order valence-corrected chi connectivity index (χ2v) is 7.33. The van der Waals surface area contributed by atoms with Crippen LogP contribution in [0.1, 0.15) is 44.7 Å². The van der Waals surface area contributed by atoms with Gasteiger partial charge >= 0.3 is 0 Å². The zero-order chi connectivity index (χ0) is 17.1. The minimum absolute atomic E-state index is 0.247. The van der Waals surface area contributed by atoms with Crippen molar-refractivity contribution in [1.29, 1.82) is 0 Å². The Bertz CT molecular complexity index is 701. The van der Waals surface area contributed by atoms with Crippen LogP contribution in [0.2, 0.25) is 0 Å². The van der Waals surface area contributed by atoms with Gasteiger partial charge in [-0.15, -0.1) is 0 Å². The molecule has 2 aliphatic rings. The van der Waals surface area contributed by atoms with Gasteiger partial charge in [0.05, 0.1) is 19.4 Å². The summed E-state index contributed by atoms with van der Waals surface area (Å²) in [4.78, 5) is 7.32. The Morgan fingerprint density at radius 1 is 1.20 bits per heavy atom. The molecule has 2 aromatic heterocycles. The van der Waals surface area contributed by atoms with Crippen LogP contribution in [0.5, 0.6) is 0 Å². The summed E-state index contributed by atoms with van der Waals surface area (Å²) in [6.45, 7) is 6.94. The predicted molar refractivity (Wildman–Crippen MR) is 99.1 cm³/mol. The third kappa shape index (κ3) is 3.37. The Labute approximate surface area is 149 Å². The highest BCUT2D eigenvalue weighted by Crippen LogP contribution is 2.34. The normalized spacial score (nSPS) is 21.5. The average Bonchev–Trinajstić information content (AvgIpc) is 3.16. The van der Waals surface area contributed by atoms with Gasteiger partial charge in [-0.3, -0.25) is 4.90 Å². The topological polar surface area (TPSA) is 54.7 Å². The Morgan fingerprint density at radius 2 is 2.00 bits per heavy atom. The number of ether oxygens (including phenoxy) is 1. The van der Waals surface area contributed by atoms with Crippen LogP contribution >= 0.6 is 0 Å². The smallest absolute Gasteiger partial charge is 0.157 e. The highest BCUT2D eigenvalue weighted by atomic mass is 16.5. The molecule has 0 amide bonds. The number of rotatable bonds is 5. The summed E-state index contributed by atoms with van der Waals surface area (Å²) >= 11 is 0. The fraction of sp³-hybridized carbons (Fsp3) is 0.684. The van der Waals surface area contributed by atoms with Crippen LogP contribution in [-0.2, 0) is 11.2 Å². The molecule has 1 aliphatic heterocycles. The zero-order valence-corrected chi connectivity index (χ0v) is 15.2. The Kier molecular flexibility index (Phi) is 4.90. The summed E-state index contributed by atoms with van der Waals surface area (Å²) < 4.78 is 7.52. The SMILES string of the molecule is CCc1cc(NCC2(N3CCOCC3)CCCCC2)n2nccc2n1. The predicted octanol–water partition coefficient (Wildman–Crippen LogP) is 2.74. The van der Waals surface area contributed by atoms with Gasteiger partial charge in [0.15, 0.2) is 5.65 Å². The molecular weight excluding hydrogens is 314 g/mol. The van der Waals surface area contributed by atoms with E-state index in [9.17, 15) is 0 Å². The van der Waals surface area contributed by atoms with Gasteiger partial charge in [0.1, 0.15) is 5.82 Å². The summed E-state index contributed by atoms with van der Waals surface area (Å²) in [7, 11) is 0. The van der Waals surface area contributed by atoms with Crippen molar-refractivity contribution in [3.63, 3.8) is 0 Å². The fourth-order valence-corrected chi connectivity index (χ4v) is 4.38. The van der Waals surface area contributed by atoms with E-state index in [4.69, 9.17) is 4.74 Å². The number of aryl methyl sites for hydroxylation is 1. The van der Waals surface area contributed by atoms with E-state index in [2.05, 4.69) is 33.3 Å². The number of anilines is 1. The van der Waals surface area contributed by atoms with E-state index in [0.717, 1.165) is 56.4 Å². The van der Waals surface area contributed by atoms with E-state index >= 15 is 0 Å². The molecule has 0 radical (unpaired) electrons. The highest BCUT2D eigenvalue weighted by Gasteiger charge is 2.38. The van der Waals surface area contributed by atoms with Crippen LogP contribution in [0, 0.1) is 0 Å². The molecule has 0 spiro atoms. The molecule has 0 aromatic carbocycles. The van der Waals surface area contributed by atoms with E-state index in [1.165, 1.54) is 32.1 Å². The lowest BCUT2D eigenvalue weighted by atomic mass is 9.79. The molecular formula is C19H29N5O. The number of nitrogens with zero attached hydrogens (tertiary/aromatic N) is 4. The van der Waals surface area contributed by atoms with Crippen molar-refractivity contribution in [3.05, 3.63) is 24.0 Å². The number of fused-ring (bicyclic) bond motifs is 1. The van der Waals surface area contributed by atoms with Crippen molar-refractivity contribution in [3.8, 4) is 0 Å². The minimum Gasteiger partial charge on any atom is -0.379 e. The largest absolute Gasteiger partial charge is 0.379 e. The van der Waals surface area contributed by atoms with Crippen LogP contribution < -0.4 is 5.32 Å². The molecule has 136 valence electrons. The van der Waals surface area contributed by atoms with Gasteiger partial charge < -0.3 is 10.1 Å². The quantitative estimate of drug-likeness (QED) is 0.905. The first-order valence-corrected chi connectivity index (χ1v) is 9.71. The average molecular weight is 343 g/mol. The van der Waals surface area contributed by atoms with Gasteiger partial charge in [-0.25, -0.2) is 4.98 Å². The van der Waals surface area contributed by atoms with Gasteiger partial charge in [-0.2, -0.15) is 9.61 Å². The summed E-state index contributed by atoms with van der Waals surface area (Å²) in [5.41, 5.74) is 2.28. The standard InChI is InChI=1S/C19H29N5O/c1-2-16-14-18(24-17(22-16)6-9-21-24)20-15-19(7-4-3-5-8-19)23-10-12-25-13-11-23/h6,9,14,20H,2-5,7-8,10-13,15H2,1H3. The van der Waals surface area contributed by atoms with Gasteiger partial charge in [0, 0.05) is 43.0 Å². The fourth-order valence-electron chi connectivity index (χ4n) is 4.38. The Morgan fingerprint density at radius 3 is 2.76 bits per heavy atom. The maximum atomic E-state index is 5.59. The van der Waals surface area contributed by atoms with E-state index in [0.29, 0.717) is 0 Å². The van der Waals surface area contributed by atoms with Gasteiger partial charge in [-0.05, 0) is 19.3 Å². The van der Waals surface area contributed by atoms with E-state index in [-0.39, 0.29) is 5.54 Å². The maximum Gasteiger partial charge on any atom is 0.157 e. The summed E-state index contributed by atoms with van der Waals surface area (Å²) in [5.74, 6) is 1.06. The minimum atomic E-state index is 0.247. The lowest BCUT2D eigenvalue weighted by molar-refractivity contribution is -0.0318. The summed E-state index contributed by atoms with van der Waals surface area (Å²) in [6.07, 6.45) is 9.32. The van der Waals surface area contributed by atoms with Crippen LogP contribution in [0.15, 0.2) is 18.3 Å². The van der Waals surface area contributed by atoms with Crippen LogP contribution in [-0.4, -0.2) is 57.9 Å². The van der Waals surface area contributed by atoms with Crippen LogP contribution in [0.3, 0.4) is 0 Å². The first-order valence-electron chi connectivity index (χ1n) is 9.71. The molecule has 6 heteroatoms. The summed E-state index contributed by atoms with van der Waals surface area (Å²) in [6, 6.07) is 4.12. The molecule has 1 aliphatic carbocycles. The number of nitrogens with one attached hydrogen (secondary N) is 1. The summed E-state index contributed by atoms with van der Waals surface area (Å²) in [5, 5.41) is 8.19. The molecule has 2 fully saturated rings.